The average molecular weight is 386 g/mol. The fourth-order valence-electron chi connectivity index (χ4n) is 3.16. The van der Waals surface area contributed by atoms with Crippen molar-refractivity contribution in [1.82, 2.24) is 24.8 Å². The SMILES string of the molecule is Nc1ncc(CN2CCc3nc(-c4ccc(C(F)(F)F)cc4)ncc3C2)cn1. The van der Waals surface area contributed by atoms with E-state index in [2.05, 4.69) is 24.8 Å². The van der Waals surface area contributed by atoms with E-state index in [0.29, 0.717) is 24.5 Å². The second-order valence-electron chi connectivity index (χ2n) is 6.65. The summed E-state index contributed by atoms with van der Waals surface area (Å²) in [6.07, 6.45) is 1.56. The Hall–Kier alpha value is -3.07. The number of fused-ring (bicyclic) bond motifs is 1. The molecule has 0 bridgehead atoms. The van der Waals surface area contributed by atoms with E-state index in [4.69, 9.17) is 5.73 Å². The maximum Gasteiger partial charge on any atom is 0.416 e. The summed E-state index contributed by atoms with van der Waals surface area (Å²) in [4.78, 5) is 19.2. The van der Waals surface area contributed by atoms with E-state index in [0.717, 1.165) is 41.9 Å². The first-order chi connectivity index (χ1) is 13.4. The Morgan fingerprint density at radius 1 is 1.00 bits per heavy atom. The van der Waals surface area contributed by atoms with Gasteiger partial charge in [-0.25, -0.2) is 19.9 Å². The number of nitrogens with zero attached hydrogens (tertiary/aromatic N) is 5. The summed E-state index contributed by atoms with van der Waals surface area (Å²) in [7, 11) is 0. The fraction of sp³-hybridized carbons (Fsp3) is 0.263. The Morgan fingerprint density at radius 2 is 1.71 bits per heavy atom. The van der Waals surface area contributed by atoms with Gasteiger partial charge in [0.2, 0.25) is 5.95 Å². The van der Waals surface area contributed by atoms with Gasteiger partial charge in [0.15, 0.2) is 5.82 Å². The summed E-state index contributed by atoms with van der Waals surface area (Å²) in [5.74, 6) is 0.685. The molecule has 0 unspecified atom stereocenters. The van der Waals surface area contributed by atoms with E-state index >= 15 is 0 Å². The number of nitrogens with two attached hydrogens (primary N) is 1. The van der Waals surface area contributed by atoms with Crippen LogP contribution in [0.1, 0.15) is 22.4 Å². The van der Waals surface area contributed by atoms with Crippen LogP contribution in [0.5, 0.6) is 0 Å². The number of aromatic nitrogens is 4. The third-order valence-corrected chi connectivity index (χ3v) is 4.61. The lowest BCUT2D eigenvalue weighted by molar-refractivity contribution is -0.137. The molecule has 0 saturated carbocycles. The van der Waals surface area contributed by atoms with Crippen molar-refractivity contribution in [2.24, 2.45) is 0 Å². The van der Waals surface area contributed by atoms with E-state index in [-0.39, 0.29) is 5.95 Å². The molecular weight excluding hydrogens is 369 g/mol. The number of alkyl halides is 3. The number of benzene rings is 1. The minimum Gasteiger partial charge on any atom is -0.368 e. The van der Waals surface area contributed by atoms with Crippen molar-refractivity contribution in [3.05, 3.63) is 65.2 Å². The van der Waals surface area contributed by atoms with Crippen molar-refractivity contribution < 1.29 is 13.2 Å². The van der Waals surface area contributed by atoms with E-state index in [1.54, 1.807) is 18.6 Å². The molecule has 1 aliphatic rings. The summed E-state index contributed by atoms with van der Waals surface area (Å²) in [5, 5.41) is 0. The summed E-state index contributed by atoms with van der Waals surface area (Å²) in [6, 6.07) is 4.91. The van der Waals surface area contributed by atoms with Gasteiger partial charge in [-0.15, -0.1) is 0 Å². The number of rotatable bonds is 3. The van der Waals surface area contributed by atoms with Gasteiger partial charge in [-0.1, -0.05) is 12.1 Å². The zero-order valence-electron chi connectivity index (χ0n) is 14.8. The fourth-order valence-corrected chi connectivity index (χ4v) is 3.16. The van der Waals surface area contributed by atoms with Crippen LogP contribution in [0.2, 0.25) is 0 Å². The normalized spacial score (nSPS) is 14.7. The molecule has 4 rings (SSSR count). The molecule has 0 aliphatic carbocycles. The molecule has 1 aromatic carbocycles. The first kappa shape index (κ1) is 18.3. The molecule has 144 valence electrons. The number of nitrogen functional groups attached to an aromatic ring is 1. The highest BCUT2D eigenvalue weighted by Crippen LogP contribution is 2.30. The second kappa shape index (κ2) is 7.16. The molecule has 3 heterocycles. The number of hydrogen-bond acceptors (Lipinski definition) is 6. The van der Waals surface area contributed by atoms with Gasteiger partial charge in [0.1, 0.15) is 0 Å². The number of halogens is 3. The van der Waals surface area contributed by atoms with E-state index < -0.39 is 11.7 Å². The zero-order chi connectivity index (χ0) is 19.7. The smallest absolute Gasteiger partial charge is 0.368 e. The van der Waals surface area contributed by atoms with Crippen molar-refractivity contribution in [1.29, 1.82) is 0 Å². The van der Waals surface area contributed by atoms with Crippen LogP contribution in [0.3, 0.4) is 0 Å². The number of hydrogen-bond donors (Lipinski definition) is 1. The summed E-state index contributed by atoms with van der Waals surface area (Å²) >= 11 is 0. The Labute approximate surface area is 159 Å². The summed E-state index contributed by atoms with van der Waals surface area (Å²) < 4.78 is 38.1. The standard InChI is InChI=1S/C19H17F3N6/c20-19(21,22)15-3-1-13(2-4-15)17-24-9-14-11-28(6-5-16(14)27-17)10-12-7-25-18(23)26-8-12/h1-4,7-9H,5-6,10-11H2,(H2,23,25,26). The van der Waals surface area contributed by atoms with Crippen LogP contribution in [-0.4, -0.2) is 31.4 Å². The summed E-state index contributed by atoms with van der Waals surface area (Å²) in [6.45, 7) is 2.19. The molecule has 0 radical (unpaired) electrons. The minimum absolute atomic E-state index is 0.247. The third kappa shape index (κ3) is 3.94. The molecule has 9 heteroatoms. The van der Waals surface area contributed by atoms with Gasteiger partial charge >= 0.3 is 6.18 Å². The highest BCUT2D eigenvalue weighted by Gasteiger charge is 2.30. The second-order valence-corrected chi connectivity index (χ2v) is 6.65. The predicted octanol–water partition coefficient (Wildman–Crippen LogP) is 3.09. The minimum atomic E-state index is -4.35. The Bertz CT molecular complexity index is 970. The van der Waals surface area contributed by atoms with Gasteiger partial charge in [-0.3, -0.25) is 4.90 Å². The summed E-state index contributed by atoms with van der Waals surface area (Å²) in [5.41, 5.74) is 8.30. The Morgan fingerprint density at radius 3 is 2.39 bits per heavy atom. The van der Waals surface area contributed by atoms with Crippen LogP contribution in [0.4, 0.5) is 19.1 Å². The molecule has 1 aliphatic heterocycles. The number of anilines is 1. The van der Waals surface area contributed by atoms with Gasteiger partial charge in [0, 0.05) is 61.3 Å². The van der Waals surface area contributed by atoms with E-state index in [1.807, 2.05) is 0 Å². The van der Waals surface area contributed by atoms with Crippen molar-refractivity contribution in [2.75, 3.05) is 12.3 Å². The van der Waals surface area contributed by atoms with E-state index in [9.17, 15) is 13.2 Å². The van der Waals surface area contributed by atoms with Gasteiger partial charge in [-0.2, -0.15) is 13.2 Å². The van der Waals surface area contributed by atoms with Crippen molar-refractivity contribution in [3.63, 3.8) is 0 Å². The van der Waals surface area contributed by atoms with Crippen molar-refractivity contribution in [3.8, 4) is 11.4 Å². The topological polar surface area (TPSA) is 80.8 Å². The molecule has 0 saturated heterocycles. The highest BCUT2D eigenvalue weighted by molar-refractivity contribution is 5.56. The first-order valence-corrected chi connectivity index (χ1v) is 8.69. The molecule has 0 amide bonds. The molecule has 0 atom stereocenters. The molecule has 28 heavy (non-hydrogen) atoms. The highest BCUT2D eigenvalue weighted by atomic mass is 19.4. The predicted molar refractivity (Wildman–Crippen MR) is 96.7 cm³/mol. The molecular formula is C19H17F3N6. The van der Waals surface area contributed by atoms with Gasteiger partial charge in [-0.05, 0) is 12.1 Å². The van der Waals surface area contributed by atoms with Crippen LogP contribution < -0.4 is 5.73 Å². The van der Waals surface area contributed by atoms with Crippen molar-refractivity contribution >= 4 is 5.95 Å². The van der Waals surface area contributed by atoms with Crippen LogP contribution >= 0.6 is 0 Å². The van der Waals surface area contributed by atoms with Crippen LogP contribution in [-0.2, 0) is 25.7 Å². The molecule has 0 spiro atoms. The Kier molecular flexibility index (Phi) is 4.68. The van der Waals surface area contributed by atoms with Gasteiger partial charge in [0.05, 0.1) is 11.3 Å². The zero-order valence-corrected chi connectivity index (χ0v) is 14.8. The quantitative estimate of drug-likeness (QED) is 0.745. The van der Waals surface area contributed by atoms with Crippen LogP contribution in [0.15, 0.2) is 42.9 Å². The maximum atomic E-state index is 12.7. The lowest BCUT2D eigenvalue weighted by Gasteiger charge is -2.27. The molecule has 2 aromatic heterocycles. The van der Waals surface area contributed by atoms with Crippen LogP contribution in [0, 0.1) is 0 Å². The van der Waals surface area contributed by atoms with E-state index in [1.165, 1.54) is 12.1 Å². The maximum absolute atomic E-state index is 12.7. The first-order valence-electron chi connectivity index (χ1n) is 8.69. The Balaban J connectivity index is 1.49. The average Bonchev–Trinajstić information content (AvgIpc) is 2.69. The van der Waals surface area contributed by atoms with Gasteiger partial charge < -0.3 is 5.73 Å². The molecule has 6 nitrogen and oxygen atoms in total. The largest absolute Gasteiger partial charge is 0.416 e. The lowest BCUT2D eigenvalue weighted by atomic mass is 10.1. The monoisotopic (exact) mass is 386 g/mol. The third-order valence-electron chi connectivity index (χ3n) is 4.61. The van der Waals surface area contributed by atoms with Gasteiger partial charge in [0.25, 0.3) is 0 Å². The van der Waals surface area contributed by atoms with Crippen molar-refractivity contribution in [2.45, 2.75) is 25.7 Å². The molecule has 2 N–H and O–H groups in total. The van der Waals surface area contributed by atoms with Crippen LogP contribution in [0.25, 0.3) is 11.4 Å². The molecule has 0 fully saturated rings. The lowest BCUT2D eigenvalue weighted by Crippen LogP contribution is -2.31. The molecule has 3 aromatic rings.